The number of nitrogens with zero attached hydrogens (tertiary/aromatic N) is 1. The smallest absolute Gasteiger partial charge is 0.343 e. The first-order valence-electron chi connectivity index (χ1n) is 10.5. The first kappa shape index (κ1) is 25.0. The van der Waals surface area contributed by atoms with Gasteiger partial charge in [0, 0.05) is 11.6 Å². The summed E-state index contributed by atoms with van der Waals surface area (Å²) in [5.41, 5.74) is 7.86. The third-order valence-corrected chi connectivity index (χ3v) is 6.14. The number of ether oxygens (including phenoxy) is 5. The van der Waals surface area contributed by atoms with Gasteiger partial charge in [-0.05, 0) is 35.9 Å². The molecule has 0 saturated carbocycles. The average molecular weight is 527 g/mol. The number of nitrogens with two attached hydrogens (primary N) is 1. The molecule has 0 bridgehead atoms. The number of carbonyl (C=O) groups is 1. The maximum absolute atomic E-state index is 12.7. The standard InChI is InChI=1S/C26H20Cl2N2O6/c1-32-20-7-4-13(10-22(20)33-2)23-16-6-5-15(11-21(16)36-25(30)17(23)12-29)35-26(31)14-8-18(27)24(34-3)19(28)9-14/h4-11,23H,30H2,1-3H3. The van der Waals surface area contributed by atoms with Crippen molar-refractivity contribution in [2.75, 3.05) is 21.3 Å². The van der Waals surface area contributed by atoms with Gasteiger partial charge in [-0.25, -0.2) is 4.79 Å². The molecule has 0 amide bonds. The summed E-state index contributed by atoms with van der Waals surface area (Å²) >= 11 is 12.3. The molecule has 3 aromatic rings. The van der Waals surface area contributed by atoms with Gasteiger partial charge in [-0.2, -0.15) is 5.26 Å². The summed E-state index contributed by atoms with van der Waals surface area (Å²) in [7, 11) is 4.49. The van der Waals surface area contributed by atoms with Crippen molar-refractivity contribution in [3.8, 4) is 34.8 Å². The van der Waals surface area contributed by atoms with Gasteiger partial charge < -0.3 is 29.4 Å². The van der Waals surface area contributed by atoms with E-state index in [9.17, 15) is 10.1 Å². The third kappa shape index (κ3) is 4.59. The first-order chi connectivity index (χ1) is 17.3. The molecular weight excluding hydrogens is 507 g/mol. The summed E-state index contributed by atoms with van der Waals surface area (Å²) in [4.78, 5) is 12.7. The molecule has 1 heterocycles. The zero-order valence-electron chi connectivity index (χ0n) is 19.4. The van der Waals surface area contributed by atoms with Crippen LogP contribution in [0.4, 0.5) is 0 Å². The summed E-state index contributed by atoms with van der Waals surface area (Å²) in [6, 6.07) is 15.1. The van der Waals surface area contributed by atoms with Crippen LogP contribution in [0.3, 0.4) is 0 Å². The highest BCUT2D eigenvalue weighted by atomic mass is 35.5. The predicted molar refractivity (Wildman–Crippen MR) is 133 cm³/mol. The number of methoxy groups -OCH3 is 3. The molecular formula is C26H20Cl2N2O6. The van der Waals surface area contributed by atoms with E-state index in [1.54, 1.807) is 24.3 Å². The van der Waals surface area contributed by atoms with E-state index in [0.717, 1.165) is 5.56 Å². The van der Waals surface area contributed by atoms with Gasteiger partial charge in [-0.15, -0.1) is 0 Å². The first-order valence-corrected chi connectivity index (χ1v) is 11.3. The number of allylic oxidation sites excluding steroid dienone is 1. The second-order valence-electron chi connectivity index (χ2n) is 7.60. The van der Waals surface area contributed by atoms with Crippen LogP contribution in [-0.2, 0) is 0 Å². The molecule has 36 heavy (non-hydrogen) atoms. The average Bonchev–Trinajstić information content (AvgIpc) is 2.87. The monoisotopic (exact) mass is 526 g/mol. The molecule has 4 rings (SSSR count). The lowest BCUT2D eigenvalue weighted by atomic mass is 9.83. The molecule has 1 unspecified atom stereocenters. The fraction of sp³-hybridized carbons (Fsp3) is 0.154. The molecule has 0 fully saturated rings. The second kappa shape index (κ2) is 10.3. The van der Waals surface area contributed by atoms with Crippen LogP contribution in [0.25, 0.3) is 0 Å². The van der Waals surface area contributed by atoms with Crippen molar-refractivity contribution in [1.82, 2.24) is 0 Å². The van der Waals surface area contributed by atoms with Gasteiger partial charge in [-0.1, -0.05) is 35.3 Å². The second-order valence-corrected chi connectivity index (χ2v) is 8.42. The lowest BCUT2D eigenvalue weighted by molar-refractivity contribution is 0.0734. The topological polar surface area (TPSA) is 113 Å². The molecule has 1 aliphatic heterocycles. The Hall–Kier alpha value is -4.06. The van der Waals surface area contributed by atoms with E-state index in [0.29, 0.717) is 22.8 Å². The van der Waals surface area contributed by atoms with Crippen LogP contribution in [-0.4, -0.2) is 27.3 Å². The lowest BCUT2D eigenvalue weighted by Gasteiger charge is -2.27. The van der Waals surface area contributed by atoms with Crippen molar-refractivity contribution in [2.45, 2.75) is 5.92 Å². The van der Waals surface area contributed by atoms with Crippen molar-refractivity contribution in [1.29, 1.82) is 5.26 Å². The van der Waals surface area contributed by atoms with Crippen LogP contribution >= 0.6 is 23.2 Å². The van der Waals surface area contributed by atoms with Crippen molar-refractivity contribution >= 4 is 29.2 Å². The highest BCUT2D eigenvalue weighted by Crippen LogP contribution is 2.45. The lowest BCUT2D eigenvalue weighted by Crippen LogP contribution is -2.21. The number of fused-ring (bicyclic) bond motifs is 1. The van der Waals surface area contributed by atoms with Gasteiger partial charge >= 0.3 is 5.97 Å². The van der Waals surface area contributed by atoms with Crippen molar-refractivity contribution in [2.24, 2.45) is 5.73 Å². The van der Waals surface area contributed by atoms with Crippen molar-refractivity contribution in [3.05, 3.63) is 86.7 Å². The van der Waals surface area contributed by atoms with Crippen LogP contribution in [0.2, 0.25) is 10.0 Å². The van der Waals surface area contributed by atoms with Crippen LogP contribution in [0.15, 0.2) is 60.0 Å². The van der Waals surface area contributed by atoms with Crippen LogP contribution in [0, 0.1) is 11.3 Å². The fourth-order valence-electron chi connectivity index (χ4n) is 3.91. The number of esters is 1. The molecule has 0 saturated heterocycles. The van der Waals surface area contributed by atoms with Gasteiger partial charge in [0.05, 0.1) is 42.9 Å². The minimum atomic E-state index is -0.685. The van der Waals surface area contributed by atoms with E-state index < -0.39 is 11.9 Å². The van der Waals surface area contributed by atoms with E-state index in [1.807, 2.05) is 6.07 Å². The zero-order chi connectivity index (χ0) is 26.0. The van der Waals surface area contributed by atoms with E-state index in [1.165, 1.54) is 39.5 Å². The van der Waals surface area contributed by atoms with E-state index in [-0.39, 0.29) is 38.6 Å². The number of rotatable bonds is 6. The summed E-state index contributed by atoms with van der Waals surface area (Å²) in [5.74, 6) is 0.558. The number of halogens is 2. The Morgan fingerprint density at radius 2 is 1.67 bits per heavy atom. The largest absolute Gasteiger partial charge is 0.494 e. The maximum atomic E-state index is 12.7. The molecule has 0 radical (unpaired) electrons. The third-order valence-electron chi connectivity index (χ3n) is 5.58. The van der Waals surface area contributed by atoms with Crippen LogP contribution in [0.5, 0.6) is 28.7 Å². The Balaban J connectivity index is 1.69. The van der Waals surface area contributed by atoms with Gasteiger partial charge in [0.1, 0.15) is 23.1 Å². The fourth-order valence-corrected chi connectivity index (χ4v) is 4.55. The van der Waals surface area contributed by atoms with Gasteiger partial charge in [-0.3, -0.25) is 0 Å². The maximum Gasteiger partial charge on any atom is 0.343 e. The quantitative estimate of drug-likeness (QED) is 0.332. The minimum Gasteiger partial charge on any atom is -0.494 e. The molecule has 1 atom stereocenters. The number of carbonyl (C=O) groups excluding carboxylic acids is 1. The molecule has 8 nitrogen and oxygen atoms in total. The Bertz CT molecular complexity index is 1410. The van der Waals surface area contributed by atoms with E-state index >= 15 is 0 Å². The molecule has 2 N–H and O–H groups in total. The van der Waals surface area contributed by atoms with E-state index in [4.69, 9.17) is 52.6 Å². The van der Waals surface area contributed by atoms with Crippen molar-refractivity contribution < 1.29 is 28.5 Å². The van der Waals surface area contributed by atoms with Gasteiger partial charge in [0.25, 0.3) is 0 Å². The summed E-state index contributed by atoms with van der Waals surface area (Å²) in [6.07, 6.45) is 0. The molecule has 3 aromatic carbocycles. The molecule has 184 valence electrons. The molecule has 10 heteroatoms. The predicted octanol–water partition coefficient (Wildman–Crippen LogP) is 5.46. The van der Waals surface area contributed by atoms with E-state index in [2.05, 4.69) is 6.07 Å². The summed E-state index contributed by atoms with van der Waals surface area (Å²) in [6.45, 7) is 0. The Labute approximate surface area is 217 Å². The van der Waals surface area contributed by atoms with Gasteiger partial charge in [0.2, 0.25) is 5.88 Å². The number of hydrogen-bond acceptors (Lipinski definition) is 8. The molecule has 0 aromatic heterocycles. The number of benzene rings is 3. The Morgan fingerprint density at radius 1 is 0.972 bits per heavy atom. The number of nitriles is 1. The summed E-state index contributed by atoms with van der Waals surface area (Å²) < 4.78 is 27.1. The van der Waals surface area contributed by atoms with Crippen LogP contribution < -0.4 is 29.4 Å². The van der Waals surface area contributed by atoms with Gasteiger partial charge in [0.15, 0.2) is 17.2 Å². The molecule has 0 spiro atoms. The highest BCUT2D eigenvalue weighted by Gasteiger charge is 2.32. The Kier molecular flexibility index (Phi) is 7.15. The zero-order valence-corrected chi connectivity index (χ0v) is 20.9. The SMILES string of the molecule is COc1ccc(C2C(C#N)=C(N)Oc3cc(OC(=O)c4cc(Cl)c(OC)c(Cl)c4)ccc32)cc1OC. The molecule has 0 aliphatic carbocycles. The van der Waals surface area contributed by atoms with Crippen LogP contribution in [0.1, 0.15) is 27.4 Å². The number of hydrogen-bond donors (Lipinski definition) is 1. The van der Waals surface area contributed by atoms with Crippen molar-refractivity contribution in [3.63, 3.8) is 0 Å². The molecule has 1 aliphatic rings. The Morgan fingerprint density at radius 3 is 2.28 bits per heavy atom. The minimum absolute atomic E-state index is 0.0537. The summed E-state index contributed by atoms with van der Waals surface area (Å²) in [5, 5.41) is 10.1. The highest BCUT2D eigenvalue weighted by molar-refractivity contribution is 6.37. The normalized spacial score (nSPS) is 14.3.